The topological polar surface area (TPSA) is 38.8 Å². The fraction of sp³-hybridized carbons (Fsp3) is 0.381. The zero-order valence-electron chi connectivity index (χ0n) is 15.6. The van der Waals surface area contributed by atoms with Crippen LogP contribution in [0.3, 0.4) is 0 Å². The minimum atomic E-state index is -4.34. The van der Waals surface area contributed by atoms with E-state index >= 15 is 0 Å². The summed E-state index contributed by atoms with van der Waals surface area (Å²) in [7, 11) is 0. The predicted molar refractivity (Wildman–Crippen MR) is 103 cm³/mol. The summed E-state index contributed by atoms with van der Waals surface area (Å²) in [4.78, 5) is 14.9. The Kier molecular flexibility index (Phi) is 5.63. The maximum absolute atomic E-state index is 13.0. The van der Waals surface area contributed by atoms with Crippen LogP contribution in [0, 0.1) is 0 Å². The second-order valence-corrected chi connectivity index (χ2v) is 8.12. The molecule has 2 aromatic carbocycles. The van der Waals surface area contributed by atoms with Gasteiger partial charge in [-0.2, -0.15) is 13.2 Å². The lowest BCUT2D eigenvalue weighted by atomic mass is 10.0. The molecule has 0 aliphatic carbocycles. The molecule has 1 amide bonds. The van der Waals surface area contributed by atoms with E-state index in [1.54, 1.807) is 4.90 Å². The SMILES string of the molecule is O=C(c1ccc(SC(F)(F)F)cc1)N1CCCC1c1ccc2c(c1)OCCCO2. The van der Waals surface area contributed by atoms with Crippen molar-refractivity contribution in [2.45, 2.75) is 35.7 Å². The lowest BCUT2D eigenvalue weighted by molar-refractivity contribution is -0.0328. The van der Waals surface area contributed by atoms with Crippen LogP contribution in [0.15, 0.2) is 47.4 Å². The number of amides is 1. The number of likely N-dealkylation sites (tertiary alicyclic amines) is 1. The number of halogens is 3. The number of rotatable bonds is 3. The van der Waals surface area contributed by atoms with Gasteiger partial charge >= 0.3 is 5.51 Å². The van der Waals surface area contributed by atoms with Gasteiger partial charge in [-0.3, -0.25) is 4.79 Å². The van der Waals surface area contributed by atoms with Crippen molar-refractivity contribution in [3.63, 3.8) is 0 Å². The molecule has 8 heteroatoms. The van der Waals surface area contributed by atoms with Gasteiger partial charge in [-0.1, -0.05) is 6.07 Å². The van der Waals surface area contributed by atoms with Gasteiger partial charge in [0.15, 0.2) is 11.5 Å². The molecule has 0 bridgehead atoms. The highest BCUT2D eigenvalue weighted by atomic mass is 32.2. The lowest BCUT2D eigenvalue weighted by Crippen LogP contribution is -2.30. The molecule has 0 spiro atoms. The van der Waals surface area contributed by atoms with E-state index in [0.717, 1.165) is 24.8 Å². The van der Waals surface area contributed by atoms with Crippen molar-refractivity contribution in [2.24, 2.45) is 0 Å². The lowest BCUT2D eigenvalue weighted by Gasteiger charge is -2.26. The van der Waals surface area contributed by atoms with Crippen LogP contribution in [0.2, 0.25) is 0 Å². The van der Waals surface area contributed by atoms with Crippen molar-refractivity contribution in [1.29, 1.82) is 0 Å². The Bertz CT molecular complexity index is 886. The molecule has 2 aliphatic heterocycles. The fourth-order valence-corrected chi connectivity index (χ4v) is 4.25. The largest absolute Gasteiger partial charge is 0.490 e. The highest BCUT2D eigenvalue weighted by Crippen LogP contribution is 2.39. The first-order chi connectivity index (χ1) is 13.9. The molecule has 1 saturated heterocycles. The highest BCUT2D eigenvalue weighted by Gasteiger charge is 2.32. The molecule has 154 valence electrons. The summed E-state index contributed by atoms with van der Waals surface area (Å²) in [6.45, 7) is 1.81. The number of alkyl halides is 3. The number of hydrogen-bond donors (Lipinski definition) is 0. The number of hydrogen-bond acceptors (Lipinski definition) is 4. The average molecular weight is 423 g/mol. The van der Waals surface area contributed by atoms with Gasteiger partial charge in [-0.15, -0.1) is 0 Å². The zero-order chi connectivity index (χ0) is 20.4. The van der Waals surface area contributed by atoms with Crippen molar-refractivity contribution < 1.29 is 27.4 Å². The predicted octanol–water partition coefficient (Wildman–Crippen LogP) is 5.44. The van der Waals surface area contributed by atoms with E-state index in [4.69, 9.17) is 9.47 Å². The summed E-state index contributed by atoms with van der Waals surface area (Å²) in [6, 6.07) is 11.3. The van der Waals surface area contributed by atoms with Gasteiger partial charge in [0.25, 0.3) is 5.91 Å². The number of carbonyl (C=O) groups is 1. The second kappa shape index (κ2) is 8.18. The molecular weight excluding hydrogens is 403 g/mol. The van der Waals surface area contributed by atoms with Gasteiger partial charge in [0.05, 0.1) is 19.3 Å². The van der Waals surface area contributed by atoms with Gasteiger partial charge in [-0.25, -0.2) is 0 Å². The number of nitrogens with zero attached hydrogens (tertiary/aromatic N) is 1. The smallest absolute Gasteiger partial charge is 0.446 e. The highest BCUT2D eigenvalue weighted by molar-refractivity contribution is 8.00. The van der Waals surface area contributed by atoms with Crippen molar-refractivity contribution in [3.05, 3.63) is 53.6 Å². The third-order valence-corrected chi connectivity index (χ3v) is 5.74. The van der Waals surface area contributed by atoms with Gasteiger partial charge in [0.2, 0.25) is 0 Å². The number of benzene rings is 2. The monoisotopic (exact) mass is 423 g/mol. The molecule has 4 rings (SSSR count). The molecule has 2 aromatic rings. The summed E-state index contributed by atoms with van der Waals surface area (Å²) in [5.41, 5.74) is -2.98. The molecule has 2 aliphatic rings. The molecule has 4 nitrogen and oxygen atoms in total. The van der Waals surface area contributed by atoms with Crippen LogP contribution < -0.4 is 9.47 Å². The zero-order valence-corrected chi connectivity index (χ0v) is 16.4. The first kappa shape index (κ1) is 19.9. The van der Waals surface area contributed by atoms with Crippen LogP contribution in [0.4, 0.5) is 13.2 Å². The Labute approximate surface area is 171 Å². The summed E-state index contributed by atoms with van der Waals surface area (Å²) in [5.74, 6) is 1.22. The van der Waals surface area contributed by atoms with Crippen LogP contribution in [0.25, 0.3) is 0 Å². The van der Waals surface area contributed by atoms with Crippen LogP contribution in [0.1, 0.15) is 41.2 Å². The minimum absolute atomic E-state index is 0.0647. The van der Waals surface area contributed by atoms with Gasteiger partial charge in [0, 0.05) is 23.4 Å². The summed E-state index contributed by atoms with van der Waals surface area (Å²) < 4.78 is 48.9. The van der Waals surface area contributed by atoms with Crippen molar-refractivity contribution in [3.8, 4) is 11.5 Å². The molecule has 29 heavy (non-hydrogen) atoms. The van der Waals surface area contributed by atoms with Crippen LogP contribution in [-0.2, 0) is 0 Å². The van der Waals surface area contributed by atoms with Crippen molar-refractivity contribution in [2.75, 3.05) is 19.8 Å². The number of carbonyl (C=O) groups excluding carboxylic acids is 1. The first-order valence-electron chi connectivity index (χ1n) is 9.47. The summed E-state index contributed by atoms with van der Waals surface area (Å²) >= 11 is -0.185. The molecule has 0 aromatic heterocycles. The Morgan fingerprint density at radius 1 is 1.00 bits per heavy atom. The molecular formula is C21H20F3NO3S. The first-order valence-corrected chi connectivity index (χ1v) is 10.3. The van der Waals surface area contributed by atoms with E-state index in [2.05, 4.69) is 0 Å². The summed E-state index contributed by atoms with van der Waals surface area (Å²) in [5, 5.41) is 0. The molecule has 0 saturated carbocycles. The van der Waals surface area contributed by atoms with Crippen LogP contribution >= 0.6 is 11.8 Å². The maximum Gasteiger partial charge on any atom is 0.446 e. The quantitative estimate of drug-likeness (QED) is 0.617. The Morgan fingerprint density at radius 2 is 1.72 bits per heavy atom. The third-order valence-electron chi connectivity index (χ3n) is 5.00. The molecule has 1 atom stereocenters. The number of fused-ring (bicyclic) bond motifs is 1. The number of ether oxygens (including phenoxy) is 2. The third kappa shape index (κ3) is 4.63. The van der Waals surface area contributed by atoms with Crippen molar-refractivity contribution >= 4 is 17.7 Å². The normalized spacial score (nSPS) is 19.1. The summed E-state index contributed by atoms with van der Waals surface area (Å²) in [6.07, 6.45) is 2.51. The van der Waals surface area contributed by atoms with E-state index in [9.17, 15) is 18.0 Å². The molecule has 1 fully saturated rings. The Hall–Kier alpha value is -2.35. The van der Waals surface area contributed by atoms with Crippen LogP contribution in [-0.4, -0.2) is 36.1 Å². The van der Waals surface area contributed by atoms with Gasteiger partial charge < -0.3 is 14.4 Å². The van der Waals surface area contributed by atoms with E-state index in [-0.39, 0.29) is 28.6 Å². The molecule has 0 N–H and O–H groups in total. The molecule has 0 radical (unpaired) electrons. The van der Waals surface area contributed by atoms with E-state index in [0.29, 0.717) is 36.8 Å². The minimum Gasteiger partial charge on any atom is -0.490 e. The van der Waals surface area contributed by atoms with E-state index in [1.807, 2.05) is 18.2 Å². The fourth-order valence-electron chi connectivity index (χ4n) is 3.71. The van der Waals surface area contributed by atoms with Gasteiger partial charge in [0.1, 0.15) is 0 Å². The molecule has 2 heterocycles. The van der Waals surface area contributed by atoms with Crippen molar-refractivity contribution in [1.82, 2.24) is 4.90 Å². The van der Waals surface area contributed by atoms with Crippen LogP contribution in [0.5, 0.6) is 11.5 Å². The Balaban J connectivity index is 1.52. The second-order valence-electron chi connectivity index (χ2n) is 6.99. The number of thioether (sulfide) groups is 1. The molecule has 1 unspecified atom stereocenters. The standard InChI is InChI=1S/C21H20F3NO3S/c22-21(23,24)29-16-7-4-14(5-8-16)20(26)25-10-1-3-17(25)15-6-9-18-19(13-15)28-12-2-11-27-18/h4-9,13,17H,1-3,10-12H2. The average Bonchev–Trinajstić information content (AvgIpc) is 3.05. The van der Waals surface area contributed by atoms with Gasteiger partial charge in [-0.05, 0) is 66.6 Å². The maximum atomic E-state index is 13.0. The van der Waals surface area contributed by atoms with E-state index in [1.165, 1.54) is 24.3 Å². The Morgan fingerprint density at radius 3 is 2.45 bits per heavy atom. The van der Waals surface area contributed by atoms with E-state index < -0.39 is 5.51 Å².